The summed E-state index contributed by atoms with van der Waals surface area (Å²) in [7, 11) is 3.08. The molecular formula is C61H93N7O15. The molecule has 0 aromatic carbocycles. The normalized spacial score (nSPS) is 35.0. The van der Waals surface area contributed by atoms with Crippen LogP contribution in [0.3, 0.4) is 0 Å². The molecule has 5 heterocycles. The van der Waals surface area contributed by atoms with Gasteiger partial charge in [-0.3, -0.25) is 19.2 Å². The Hall–Kier alpha value is -5.46. The average molecular weight is 1160 g/mol. The molecule has 1 saturated carbocycles. The second kappa shape index (κ2) is 31.1. The molecule has 1 aliphatic carbocycles. The zero-order chi connectivity index (χ0) is 60.7. The molecule has 0 radical (unpaired) electrons. The molecule has 1 aromatic heterocycles. The number of aliphatic hydroxyl groups is 4. The summed E-state index contributed by atoms with van der Waals surface area (Å²) in [6, 6.07) is -2.13. The van der Waals surface area contributed by atoms with Crippen LogP contribution in [0.15, 0.2) is 60.0 Å². The number of allylic oxidation sites excluding steroid dienone is 5. The summed E-state index contributed by atoms with van der Waals surface area (Å²) in [6.45, 7) is 14.5. The van der Waals surface area contributed by atoms with Crippen molar-refractivity contribution in [3.8, 4) is 0 Å². The molecular weight excluding hydrogens is 1070 g/mol. The number of esters is 1. The number of piperidine rings is 1. The SMILES string of the molecule is CO[C@H]1C[C@@H]2CC[C@@H](C)[C@@](O)(O2)C(=O)C(=O)N2CCCC[C@H]2C(=O)O[C@H]([C@H](N)C[C@@H]2CC[C@@H](OC(=O)NCc3cnc(N4CCN(C(C)=O)CC4)nc3)[C@H](OC)C2)C[C@@H](O)[C@H](C)/C=C(\C)[C@@H](O)[C@@H](O)C(=O)[C@H](C)C[C@H](C)/C=C/C=CC=C1C. The van der Waals surface area contributed by atoms with Crippen LogP contribution in [0.5, 0.6) is 0 Å². The maximum absolute atomic E-state index is 14.6. The smallest absolute Gasteiger partial charge is 0.407 e. The van der Waals surface area contributed by atoms with Crippen molar-refractivity contribution in [2.24, 2.45) is 35.3 Å². The number of alkyl carbamates (subject to hydrolysis) is 1. The molecule has 5 aliphatic rings. The van der Waals surface area contributed by atoms with Crippen LogP contribution in [0, 0.1) is 29.6 Å². The van der Waals surface area contributed by atoms with Crippen molar-refractivity contribution in [3.05, 3.63) is 65.6 Å². The van der Waals surface area contributed by atoms with Gasteiger partial charge in [-0.05, 0) is 101 Å². The second-order valence-corrected chi connectivity index (χ2v) is 23.9. The third-order valence-electron chi connectivity index (χ3n) is 17.5. The van der Waals surface area contributed by atoms with Crippen molar-refractivity contribution in [1.29, 1.82) is 0 Å². The van der Waals surface area contributed by atoms with Crippen molar-refractivity contribution < 1.29 is 72.9 Å². The number of ketones is 2. The van der Waals surface area contributed by atoms with E-state index in [1.165, 1.54) is 7.11 Å². The number of nitrogens with zero attached hydrogens (tertiary/aromatic N) is 5. The van der Waals surface area contributed by atoms with Gasteiger partial charge >= 0.3 is 12.1 Å². The molecule has 83 heavy (non-hydrogen) atoms. The van der Waals surface area contributed by atoms with E-state index in [1.54, 1.807) is 65.1 Å². The van der Waals surface area contributed by atoms with Gasteiger partial charge in [0.2, 0.25) is 17.6 Å². The number of Topliss-reactive ketones (excluding diaryl/α,β-unsaturated/α-hetero) is 2. The minimum absolute atomic E-state index is 0.0253. The highest BCUT2D eigenvalue weighted by Gasteiger charge is 2.53. The van der Waals surface area contributed by atoms with Crippen LogP contribution in [0.25, 0.3) is 0 Å². The number of anilines is 1. The second-order valence-electron chi connectivity index (χ2n) is 23.9. The molecule has 462 valence electrons. The lowest BCUT2D eigenvalue weighted by Crippen LogP contribution is -2.61. The first-order valence-corrected chi connectivity index (χ1v) is 29.7. The summed E-state index contributed by atoms with van der Waals surface area (Å²) in [5, 5.41) is 49.1. The Bertz CT molecular complexity index is 2480. The predicted octanol–water partition coefficient (Wildman–Crippen LogP) is 4.40. The first-order valence-electron chi connectivity index (χ1n) is 29.7. The summed E-state index contributed by atoms with van der Waals surface area (Å²) in [5.41, 5.74) is 8.77. The lowest BCUT2D eigenvalue weighted by molar-refractivity contribution is -0.265. The number of carbonyl (C=O) groups excluding carboxylic acids is 6. The number of piperazine rings is 1. The van der Waals surface area contributed by atoms with Crippen molar-refractivity contribution in [3.63, 3.8) is 0 Å². The third-order valence-corrected chi connectivity index (χ3v) is 17.5. The van der Waals surface area contributed by atoms with E-state index in [4.69, 9.17) is 29.4 Å². The van der Waals surface area contributed by atoms with E-state index in [2.05, 4.69) is 15.3 Å². The highest BCUT2D eigenvalue weighted by molar-refractivity contribution is 6.39. The molecule has 0 unspecified atom stereocenters. The minimum Gasteiger partial charge on any atom is -0.459 e. The first-order chi connectivity index (χ1) is 39.4. The van der Waals surface area contributed by atoms with Crippen LogP contribution in [0.1, 0.15) is 131 Å². The van der Waals surface area contributed by atoms with Crippen molar-refractivity contribution in [2.75, 3.05) is 51.8 Å². The standard InChI is InChI=1S/C61H93N7O15/c1-36-15-11-10-12-16-37(2)50(79-8)31-45-20-18-41(6)61(78,83-45)56(74)57(75)68-22-14-13-17-47(68)58(76)81-51(32-48(70)38(3)28-40(5)54(72)55(73)53(71)39(4)27-36)46(62)29-43-19-21-49(52(30-43)80-9)82-60(77)65-35-44-33-63-59(64-34-44)67-25-23-66(24-26-67)42(7)69/h10-12,15-16,28,33-34,36,38-39,41,43,45-52,54-55,70,72-73,78H,13-14,17-27,29-32,35,62H2,1-9H3,(H,65,77)/b12-10?,15-11+,37-16?,40-28+/t36-,38-,39-,41-,43+,45+,46-,47+,48-,49-,50+,51+,52-,54-,55+,61-/m1/s1. The molecule has 6 rings (SSSR count). The van der Waals surface area contributed by atoms with Gasteiger partial charge in [-0.2, -0.15) is 0 Å². The molecule has 16 atom stereocenters. The van der Waals surface area contributed by atoms with Crippen LogP contribution in [0.2, 0.25) is 0 Å². The van der Waals surface area contributed by atoms with E-state index < -0.39 is 114 Å². The Morgan fingerprint density at radius 2 is 1.54 bits per heavy atom. The quantitative estimate of drug-likeness (QED) is 0.113. The van der Waals surface area contributed by atoms with Gasteiger partial charge in [-0.25, -0.2) is 19.6 Å². The van der Waals surface area contributed by atoms with Gasteiger partial charge in [-0.1, -0.05) is 64.2 Å². The Labute approximate surface area is 489 Å². The number of methoxy groups -OCH3 is 2. The van der Waals surface area contributed by atoms with Gasteiger partial charge in [0.1, 0.15) is 30.5 Å². The van der Waals surface area contributed by atoms with Gasteiger partial charge in [0.25, 0.3) is 11.7 Å². The maximum Gasteiger partial charge on any atom is 0.407 e. The van der Waals surface area contributed by atoms with E-state index in [9.17, 15) is 49.2 Å². The molecule has 7 N–H and O–H groups in total. The van der Waals surface area contributed by atoms with Crippen molar-refractivity contribution in [2.45, 2.75) is 199 Å². The van der Waals surface area contributed by atoms with E-state index >= 15 is 0 Å². The van der Waals surface area contributed by atoms with Crippen LogP contribution in [-0.2, 0) is 54.2 Å². The molecule has 4 aliphatic heterocycles. The van der Waals surface area contributed by atoms with E-state index in [0.717, 1.165) is 10.5 Å². The van der Waals surface area contributed by atoms with Crippen molar-refractivity contribution >= 4 is 41.4 Å². The number of ether oxygens (including phenoxy) is 5. The van der Waals surface area contributed by atoms with Crippen LogP contribution in [-0.4, -0.2) is 189 Å². The zero-order valence-corrected chi connectivity index (χ0v) is 50.1. The fraction of sp³-hybridized carbons (Fsp3) is 0.705. The Balaban J connectivity index is 1.18. The Morgan fingerprint density at radius 1 is 0.831 bits per heavy atom. The Morgan fingerprint density at radius 3 is 2.22 bits per heavy atom. The van der Waals surface area contributed by atoms with Gasteiger partial charge in [0.05, 0.1) is 24.4 Å². The molecule has 22 heteroatoms. The largest absolute Gasteiger partial charge is 0.459 e. The summed E-state index contributed by atoms with van der Waals surface area (Å²) in [4.78, 5) is 95.6. The number of hydrogen-bond acceptors (Lipinski definition) is 19. The lowest BCUT2D eigenvalue weighted by atomic mass is 9.80. The zero-order valence-electron chi connectivity index (χ0n) is 50.1. The number of nitrogens with two attached hydrogens (primary N) is 1. The predicted molar refractivity (Wildman–Crippen MR) is 308 cm³/mol. The topological polar surface area (TPSA) is 303 Å². The Kier molecular flexibility index (Phi) is 25.0. The first kappa shape index (κ1) is 66.7. The van der Waals surface area contributed by atoms with Crippen LogP contribution in [0.4, 0.5) is 10.7 Å². The molecule has 2 bridgehead atoms. The number of fused-ring (bicyclic) bond motifs is 3. The highest BCUT2D eigenvalue weighted by atomic mass is 16.6. The van der Waals surface area contributed by atoms with E-state index in [1.807, 2.05) is 49.1 Å². The van der Waals surface area contributed by atoms with Gasteiger partial charge < -0.3 is 69.9 Å². The van der Waals surface area contributed by atoms with Crippen LogP contribution < -0.4 is 16.0 Å². The number of aromatic nitrogens is 2. The number of amides is 3. The summed E-state index contributed by atoms with van der Waals surface area (Å²) in [5.74, 6) is -7.82. The summed E-state index contributed by atoms with van der Waals surface area (Å²) >= 11 is 0. The summed E-state index contributed by atoms with van der Waals surface area (Å²) < 4.78 is 30.0. The highest BCUT2D eigenvalue weighted by Crippen LogP contribution is 2.38. The molecule has 1 aromatic rings. The van der Waals surface area contributed by atoms with Gasteiger partial charge in [0.15, 0.2) is 5.78 Å². The number of hydrogen-bond donors (Lipinski definition) is 6. The van der Waals surface area contributed by atoms with Crippen molar-refractivity contribution in [1.82, 2.24) is 25.1 Å². The third kappa shape index (κ3) is 18.0. The average Bonchev–Trinajstić information content (AvgIpc) is 3.65. The minimum atomic E-state index is -2.49. The monoisotopic (exact) mass is 1160 g/mol. The number of cyclic esters (lactones) is 1. The van der Waals surface area contributed by atoms with Gasteiger partial charge in [-0.15, -0.1) is 0 Å². The number of nitrogens with one attached hydrogen (secondary N) is 1. The number of rotatable bonds is 9. The fourth-order valence-electron chi connectivity index (χ4n) is 12.1. The molecule has 0 spiro atoms. The number of aliphatic hydroxyl groups excluding tert-OH is 3. The summed E-state index contributed by atoms with van der Waals surface area (Å²) in [6.07, 6.45) is 9.73. The fourth-order valence-corrected chi connectivity index (χ4v) is 12.1. The molecule has 3 saturated heterocycles. The van der Waals surface area contributed by atoms with Gasteiger partial charge in [0, 0.05) is 115 Å². The maximum atomic E-state index is 14.6. The van der Waals surface area contributed by atoms with Crippen LogP contribution >= 0.6 is 0 Å². The van der Waals surface area contributed by atoms with E-state index in [0.29, 0.717) is 89.1 Å². The number of carbonyl (C=O) groups is 6. The molecule has 22 nitrogen and oxygen atoms in total. The molecule has 4 fully saturated rings. The van der Waals surface area contributed by atoms with E-state index in [-0.39, 0.29) is 62.1 Å². The lowest BCUT2D eigenvalue weighted by Gasteiger charge is -2.42. The molecule has 3 amide bonds.